The summed E-state index contributed by atoms with van der Waals surface area (Å²) in [4.78, 5) is 30.7. The molecule has 1 N–H and O–H groups in total. The van der Waals surface area contributed by atoms with Gasteiger partial charge in [-0.3, -0.25) is 9.59 Å². The summed E-state index contributed by atoms with van der Waals surface area (Å²) in [6.45, 7) is 6.46. The van der Waals surface area contributed by atoms with Crippen LogP contribution in [0.2, 0.25) is 0 Å². The normalized spacial score (nSPS) is 23.3. The Morgan fingerprint density at radius 3 is 2.75 bits per heavy atom. The van der Waals surface area contributed by atoms with E-state index in [9.17, 15) is 9.59 Å². The van der Waals surface area contributed by atoms with Crippen molar-refractivity contribution >= 4 is 23.2 Å². The molecule has 2 unspecified atom stereocenters. The smallest absolute Gasteiger partial charge is 0.246 e. The number of carbonyl (C=O) groups is 2. The fraction of sp³-hybridized carbons (Fsp3) is 0.643. The third-order valence-corrected chi connectivity index (χ3v) is 4.23. The van der Waals surface area contributed by atoms with Crippen molar-refractivity contribution < 1.29 is 9.59 Å². The molecular formula is C14H21N3O2S. The van der Waals surface area contributed by atoms with E-state index in [1.54, 1.807) is 11.1 Å². The summed E-state index contributed by atoms with van der Waals surface area (Å²) < 4.78 is 0. The van der Waals surface area contributed by atoms with Gasteiger partial charge in [0.25, 0.3) is 0 Å². The maximum atomic E-state index is 12.5. The quantitative estimate of drug-likeness (QED) is 0.901. The first-order valence-corrected chi connectivity index (χ1v) is 7.90. The zero-order valence-electron chi connectivity index (χ0n) is 12.1. The average molecular weight is 295 g/mol. The van der Waals surface area contributed by atoms with Crippen molar-refractivity contribution in [2.24, 2.45) is 5.92 Å². The summed E-state index contributed by atoms with van der Waals surface area (Å²) in [5.74, 6) is 0.324. The number of hydrogen-bond acceptors (Lipinski definition) is 4. The van der Waals surface area contributed by atoms with Gasteiger partial charge in [-0.15, -0.1) is 11.3 Å². The highest BCUT2D eigenvalue weighted by molar-refractivity contribution is 7.09. The van der Waals surface area contributed by atoms with Gasteiger partial charge in [-0.25, -0.2) is 4.98 Å². The lowest BCUT2D eigenvalue weighted by molar-refractivity contribution is -0.150. The topological polar surface area (TPSA) is 62.3 Å². The molecule has 1 aliphatic heterocycles. The minimum Gasteiger partial charge on any atom is -0.343 e. The molecular weight excluding hydrogens is 274 g/mol. The molecule has 1 aromatic rings. The number of carbonyl (C=O) groups excluding carboxylic acids is 2. The number of nitrogens with zero attached hydrogens (tertiary/aromatic N) is 2. The van der Waals surface area contributed by atoms with Crippen LogP contribution in [-0.4, -0.2) is 33.8 Å². The van der Waals surface area contributed by atoms with Gasteiger partial charge < -0.3 is 10.2 Å². The van der Waals surface area contributed by atoms with Crippen molar-refractivity contribution in [3.8, 4) is 0 Å². The molecule has 0 aliphatic carbocycles. The molecule has 1 aromatic heterocycles. The summed E-state index contributed by atoms with van der Waals surface area (Å²) in [5, 5.41) is 5.59. The van der Waals surface area contributed by atoms with E-state index >= 15 is 0 Å². The van der Waals surface area contributed by atoms with Crippen LogP contribution >= 0.6 is 11.3 Å². The van der Waals surface area contributed by atoms with Gasteiger partial charge in [0.15, 0.2) is 0 Å². The van der Waals surface area contributed by atoms with Gasteiger partial charge in [-0.1, -0.05) is 20.8 Å². The number of nitrogens with one attached hydrogen (secondary N) is 1. The van der Waals surface area contributed by atoms with E-state index in [-0.39, 0.29) is 17.9 Å². The molecule has 1 fully saturated rings. The lowest BCUT2D eigenvalue weighted by atomic mass is 9.97. The lowest BCUT2D eigenvalue weighted by Crippen LogP contribution is -2.62. The molecule has 2 atom stereocenters. The third-order valence-electron chi connectivity index (χ3n) is 3.47. The Morgan fingerprint density at radius 2 is 2.20 bits per heavy atom. The predicted molar refractivity (Wildman–Crippen MR) is 78.1 cm³/mol. The van der Waals surface area contributed by atoms with Crippen molar-refractivity contribution in [3.05, 3.63) is 16.6 Å². The molecule has 20 heavy (non-hydrogen) atoms. The molecule has 2 heterocycles. The van der Waals surface area contributed by atoms with Crippen LogP contribution in [0.4, 0.5) is 0 Å². The molecule has 0 spiro atoms. The number of aromatic nitrogens is 1. The van der Waals surface area contributed by atoms with Crippen LogP contribution in [0.15, 0.2) is 11.6 Å². The first-order chi connectivity index (χ1) is 9.52. The van der Waals surface area contributed by atoms with Gasteiger partial charge >= 0.3 is 0 Å². The van der Waals surface area contributed by atoms with E-state index in [0.29, 0.717) is 25.3 Å². The van der Waals surface area contributed by atoms with Gasteiger partial charge in [0.2, 0.25) is 11.8 Å². The van der Waals surface area contributed by atoms with Crippen molar-refractivity contribution in [2.45, 2.75) is 52.2 Å². The first kappa shape index (κ1) is 15.0. The average Bonchev–Trinajstić information content (AvgIpc) is 2.90. The van der Waals surface area contributed by atoms with E-state index in [4.69, 9.17) is 0 Å². The van der Waals surface area contributed by atoms with Gasteiger partial charge in [-0.05, 0) is 18.8 Å². The van der Waals surface area contributed by atoms with Crippen LogP contribution < -0.4 is 5.32 Å². The number of amides is 2. The largest absolute Gasteiger partial charge is 0.343 e. The number of piperazine rings is 1. The van der Waals surface area contributed by atoms with Crippen molar-refractivity contribution in [3.63, 3.8) is 0 Å². The Hall–Kier alpha value is -1.43. The van der Waals surface area contributed by atoms with Crippen molar-refractivity contribution in [1.82, 2.24) is 15.2 Å². The van der Waals surface area contributed by atoms with E-state index in [2.05, 4.69) is 24.1 Å². The van der Waals surface area contributed by atoms with E-state index in [1.165, 1.54) is 11.3 Å². The molecule has 1 aliphatic rings. The summed E-state index contributed by atoms with van der Waals surface area (Å²) in [7, 11) is 0. The third kappa shape index (κ3) is 3.17. The standard InChI is InChI=1S/C14H21N3O2S/c1-4-10-14(19)17(8-12-15-5-6-20-12)11(7-9(2)3)13(18)16-10/h5-6,9-11H,4,7-8H2,1-3H3,(H,16,18). The molecule has 0 bridgehead atoms. The minimum absolute atomic E-state index is 0.00736. The summed E-state index contributed by atoms with van der Waals surface area (Å²) >= 11 is 1.51. The zero-order chi connectivity index (χ0) is 14.7. The predicted octanol–water partition coefficient (Wildman–Crippen LogP) is 1.79. The highest BCUT2D eigenvalue weighted by atomic mass is 32.1. The SMILES string of the molecule is CCC1NC(=O)C(CC(C)C)N(Cc2nccs2)C1=O. The fourth-order valence-electron chi connectivity index (χ4n) is 2.45. The Balaban J connectivity index is 2.22. The molecule has 2 amide bonds. The second-order valence-electron chi connectivity index (χ2n) is 5.51. The highest BCUT2D eigenvalue weighted by Gasteiger charge is 2.40. The van der Waals surface area contributed by atoms with Crippen LogP contribution in [0.25, 0.3) is 0 Å². The Morgan fingerprint density at radius 1 is 1.45 bits per heavy atom. The highest BCUT2D eigenvalue weighted by Crippen LogP contribution is 2.21. The fourth-order valence-corrected chi connectivity index (χ4v) is 3.06. The second kappa shape index (κ2) is 6.35. The molecule has 2 rings (SSSR count). The number of hydrogen-bond donors (Lipinski definition) is 1. The molecule has 0 saturated carbocycles. The van der Waals surface area contributed by atoms with Crippen LogP contribution in [0.1, 0.15) is 38.6 Å². The zero-order valence-corrected chi connectivity index (χ0v) is 12.9. The summed E-state index contributed by atoms with van der Waals surface area (Å²) in [5.41, 5.74) is 0. The van der Waals surface area contributed by atoms with Crippen LogP contribution in [0, 0.1) is 5.92 Å². The molecule has 5 nitrogen and oxygen atoms in total. The first-order valence-electron chi connectivity index (χ1n) is 7.02. The molecule has 1 saturated heterocycles. The van der Waals surface area contributed by atoms with Gasteiger partial charge in [-0.2, -0.15) is 0 Å². The monoisotopic (exact) mass is 295 g/mol. The number of thiazole rings is 1. The minimum atomic E-state index is -0.397. The molecule has 6 heteroatoms. The van der Waals surface area contributed by atoms with Crippen molar-refractivity contribution in [1.29, 1.82) is 0 Å². The van der Waals surface area contributed by atoms with E-state index in [1.807, 2.05) is 12.3 Å². The Kier molecular flexibility index (Phi) is 4.75. The van der Waals surface area contributed by atoms with Crippen LogP contribution in [-0.2, 0) is 16.1 Å². The molecule has 0 radical (unpaired) electrons. The number of rotatable bonds is 5. The van der Waals surface area contributed by atoms with Crippen molar-refractivity contribution in [2.75, 3.05) is 0 Å². The van der Waals surface area contributed by atoms with Gasteiger partial charge in [0, 0.05) is 11.6 Å². The van der Waals surface area contributed by atoms with Gasteiger partial charge in [0.1, 0.15) is 17.1 Å². The maximum absolute atomic E-state index is 12.5. The van der Waals surface area contributed by atoms with Crippen LogP contribution in [0.3, 0.4) is 0 Å². The molecule has 0 aromatic carbocycles. The second-order valence-corrected chi connectivity index (χ2v) is 6.49. The lowest BCUT2D eigenvalue weighted by Gasteiger charge is -2.39. The Bertz CT molecular complexity index is 473. The van der Waals surface area contributed by atoms with Crippen LogP contribution in [0.5, 0.6) is 0 Å². The maximum Gasteiger partial charge on any atom is 0.246 e. The van der Waals surface area contributed by atoms with E-state index < -0.39 is 6.04 Å². The summed E-state index contributed by atoms with van der Waals surface area (Å²) in [6.07, 6.45) is 3.02. The molecule has 110 valence electrons. The Labute approximate surface area is 123 Å². The summed E-state index contributed by atoms with van der Waals surface area (Å²) in [6, 6.07) is -0.778. The van der Waals surface area contributed by atoms with E-state index in [0.717, 1.165) is 5.01 Å². The van der Waals surface area contributed by atoms with Gasteiger partial charge in [0.05, 0.1) is 6.54 Å².